The molecule has 0 saturated carbocycles. The Labute approximate surface area is 85.0 Å². The predicted octanol–water partition coefficient (Wildman–Crippen LogP) is -0.992. The Balaban J connectivity index is 4.11. The molecule has 3 N–H and O–H groups in total. The third-order valence-electron chi connectivity index (χ3n) is 1.37. The van der Waals surface area contributed by atoms with Crippen LogP contribution < -0.4 is 4.72 Å². The van der Waals surface area contributed by atoms with Gasteiger partial charge >= 0.3 is 5.97 Å². The number of aliphatic carboxylic acids is 1. The van der Waals surface area contributed by atoms with E-state index in [0.29, 0.717) is 0 Å². The Hall–Kier alpha value is -0.800. The molecule has 15 heavy (non-hydrogen) atoms. The lowest BCUT2D eigenvalue weighted by Gasteiger charge is -2.13. The van der Waals surface area contributed by atoms with Crippen LogP contribution in [0.3, 0.4) is 0 Å². The van der Waals surface area contributed by atoms with Gasteiger partial charge in [-0.15, -0.1) is 0 Å². The third-order valence-corrected chi connectivity index (χ3v) is 2.69. The number of halogens is 2. The number of alkyl halides is 2. The van der Waals surface area contributed by atoms with E-state index in [2.05, 4.69) is 0 Å². The van der Waals surface area contributed by atoms with Crippen molar-refractivity contribution in [2.45, 2.75) is 12.3 Å². The molecule has 0 bridgehead atoms. The number of carboxylic acids is 1. The van der Waals surface area contributed by atoms with Crippen molar-refractivity contribution in [3.05, 3.63) is 0 Å². The average molecular weight is 247 g/mol. The summed E-state index contributed by atoms with van der Waals surface area (Å²) in [5.74, 6) is -5.66. The maximum atomic E-state index is 12.4. The van der Waals surface area contributed by atoms with Gasteiger partial charge in [-0.1, -0.05) is 0 Å². The van der Waals surface area contributed by atoms with Crippen LogP contribution in [0.25, 0.3) is 0 Å². The van der Waals surface area contributed by atoms with Gasteiger partial charge in [0.25, 0.3) is 5.92 Å². The first-order valence-electron chi connectivity index (χ1n) is 3.86. The van der Waals surface area contributed by atoms with Gasteiger partial charge in [0.2, 0.25) is 10.0 Å². The molecule has 0 saturated heterocycles. The molecule has 90 valence electrons. The number of hydrogen-bond donors (Lipinski definition) is 3. The van der Waals surface area contributed by atoms with Crippen LogP contribution in [0.2, 0.25) is 0 Å². The molecular formula is C6H11F2NO5S. The summed E-state index contributed by atoms with van der Waals surface area (Å²) in [6.45, 7) is -2.72. The highest BCUT2D eigenvalue weighted by Gasteiger charge is 2.29. The highest BCUT2D eigenvalue weighted by Crippen LogP contribution is 2.10. The lowest BCUT2D eigenvalue weighted by Crippen LogP contribution is -2.40. The molecule has 0 atom stereocenters. The highest BCUT2D eigenvalue weighted by atomic mass is 32.2. The van der Waals surface area contributed by atoms with Crippen molar-refractivity contribution >= 4 is 16.0 Å². The molecule has 0 amide bonds. The molecular weight excluding hydrogens is 236 g/mol. The van der Waals surface area contributed by atoms with Gasteiger partial charge in [0.15, 0.2) is 0 Å². The molecule has 0 aromatic carbocycles. The van der Waals surface area contributed by atoms with Gasteiger partial charge in [-0.2, -0.15) is 0 Å². The summed E-state index contributed by atoms with van der Waals surface area (Å²) in [4.78, 5) is 10.0. The third kappa shape index (κ3) is 7.17. The molecule has 0 aromatic heterocycles. The topological polar surface area (TPSA) is 104 Å². The number of rotatable bonds is 7. The lowest BCUT2D eigenvalue weighted by atomic mass is 10.4. The summed E-state index contributed by atoms with van der Waals surface area (Å²) in [6, 6.07) is 0. The molecule has 6 nitrogen and oxygen atoms in total. The monoisotopic (exact) mass is 247 g/mol. The van der Waals surface area contributed by atoms with E-state index in [9.17, 15) is 22.0 Å². The first-order valence-corrected chi connectivity index (χ1v) is 5.51. The predicted molar refractivity (Wildman–Crippen MR) is 46.1 cm³/mol. The minimum atomic E-state index is -4.04. The van der Waals surface area contributed by atoms with Gasteiger partial charge < -0.3 is 10.2 Å². The van der Waals surface area contributed by atoms with Crippen LogP contribution >= 0.6 is 0 Å². The average Bonchev–Trinajstić information content (AvgIpc) is 2.13. The zero-order valence-electron chi connectivity index (χ0n) is 7.61. The molecule has 9 heteroatoms. The number of nitrogens with one attached hydrogen (secondary N) is 1. The summed E-state index contributed by atoms with van der Waals surface area (Å²) in [5.41, 5.74) is 0. The van der Waals surface area contributed by atoms with Crippen molar-refractivity contribution in [1.29, 1.82) is 0 Å². The number of carboxylic acid groups (broad SMARTS) is 1. The van der Waals surface area contributed by atoms with E-state index in [4.69, 9.17) is 10.2 Å². The Morgan fingerprint density at radius 3 is 2.33 bits per heavy atom. The van der Waals surface area contributed by atoms with Gasteiger partial charge in [0, 0.05) is 0 Å². The summed E-state index contributed by atoms with van der Waals surface area (Å²) < 4.78 is 48.1. The minimum absolute atomic E-state index is 0.667. The highest BCUT2D eigenvalue weighted by molar-refractivity contribution is 7.89. The Morgan fingerprint density at radius 2 is 1.93 bits per heavy atom. The van der Waals surface area contributed by atoms with Crippen molar-refractivity contribution < 1.29 is 32.2 Å². The fourth-order valence-corrected chi connectivity index (χ4v) is 1.58. The van der Waals surface area contributed by atoms with E-state index < -0.39 is 47.2 Å². The lowest BCUT2D eigenvalue weighted by molar-refractivity contribution is -0.136. The zero-order chi connectivity index (χ0) is 12.1. The standard InChI is InChI=1S/C6H11F2NO5S/c7-6(8,4-10)3-9-15(13,14)2-1-5(11)12/h9-10H,1-4H2,(H,11,12). The van der Waals surface area contributed by atoms with Gasteiger partial charge in [-0.05, 0) is 0 Å². The maximum Gasteiger partial charge on any atom is 0.304 e. The SMILES string of the molecule is O=C(O)CCS(=O)(=O)NCC(F)(F)CO. The molecule has 0 aromatic rings. The van der Waals surface area contributed by atoms with Gasteiger partial charge in [-0.3, -0.25) is 4.79 Å². The first kappa shape index (κ1) is 14.2. The maximum absolute atomic E-state index is 12.4. The smallest absolute Gasteiger partial charge is 0.304 e. The van der Waals surface area contributed by atoms with Crippen molar-refractivity contribution in [2.75, 3.05) is 18.9 Å². The quantitative estimate of drug-likeness (QED) is 0.536. The van der Waals surface area contributed by atoms with Crippen molar-refractivity contribution in [2.24, 2.45) is 0 Å². The Bertz CT molecular complexity index is 315. The van der Waals surface area contributed by atoms with Crippen LogP contribution in [0.1, 0.15) is 6.42 Å². The van der Waals surface area contributed by atoms with Crippen LogP contribution in [-0.4, -0.2) is 49.4 Å². The van der Waals surface area contributed by atoms with Crippen LogP contribution in [0, 0.1) is 0 Å². The van der Waals surface area contributed by atoms with Crippen LogP contribution in [0.4, 0.5) is 8.78 Å². The van der Waals surface area contributed by atoms with Gasteiger partial charge in [-0.25, -0.2) is 21.9 Å². The number of hydrogen-bond acceptors (Lipinski definition) is 4. The normalized spacial score (nSPS) is 12.7. The molecule has 0 spiro atoms. The summed E-state index contributed by atoms with van der Waals surface area (Å²) in [7, 11) is -4.04. The molecule has 0 fully saturated rings. The van der Waals surface area contributed by atoms with E-state index in [1.54, 1.807) is 0 Å². The second-order valence-electron chi connectivity index (χ2n) is 2.80. The largest absolute Gasteiger partial charge is 0.481 e. The fraction of sp³-hybridized carbons (Fsp3) is 0.833. The van der Waals surface area contributed by atoms with Gasteiger partial charge in [0.05, 0.1) is 18.7 Å². The van der Waals surface area contributed by atoms with E-state index in [-0.39, 0.29) is 0 Å². The Kier molecular flexibility index (Phi) is 5.05. The zero-order valence-corrected chi connectivity index (χ0v) is 8.43. The van der Waals surface area contributed by atoms with E-state index >= 15 is 0 Å². The van der Waals surface area contributed by atoms with Gasteiger partial charge in [0.1, 0.15) is 6.61 Å². The second-order valence-corrected chi connectivity index (χ2v) is 4.72. The summed E-state index contributed by atoms with van der Waals surface area (Å²) in [5, 5.41) is 16.3. The van der Waals surface area contributed by atoms with Crippen molar-refractivity contribution in [1.82, 2.24) is 4.72 Å². The molecule has 0 unspecified atom stereocenters. The Morgan fingerprint density at radius 1 is 1.40 bits per heavy atom. The minimum Gasteiger partial charge on any atom is -0.481 e. The molecule has 0 radical (unpaired) electrons. The second kappa shape index (κ2) is 5.33. The summed E-state index contributed by atoms with van der Waals surface area (Å²) >= 11 is 0. The number of sulfonamides is 1. The molecule has 0 aliphatic heterocycles. The van der Waals surface area contributed by atoms with Crippen LogP contribution in [0.15, 0.2) is 0 Å². The summed E-state index contributed by atoms with van der Waals surface area (Å²) in [6.07, 6.45) is -0.667. The van der Waals surface area contributed by atoms with E-state index in [0.717, 1.165) is 0 Å². The molecule has 0 aliphatic carbocycles. The van der Waals surface area contributed by atoms with E-state index in [1.807, 2.05) is 0 Å². The first-order chi connectivity index (χ1) is 6.68. The van der Waals surface area contributed by atoms with E-state index in [1.165, 1.54) is 4.72 Å². The van der Waals surface area contributed by atoms with Crippen LogP contribution in [0.5, 0.6) is 0 Å². The molecule has 0 heterocycles. The fourth-order valence-electron chi connectivity index (χ4n) is 0.565. The van der Waals surface area contributed by atoms with Crippen molar-refractivity contribution in [3.63, 3.8) is 0 Å². The molecule has 0 aliphatic rings. The number of aliphatic hydroxyl groups is 1. The van der Waals surface area contributed by atoms with Crippen molar-refractivity contribution in [3.8, 4) is 0 Å². The number of carbonyl (C=O) groups is 1. The van der Waals surface area contributed by atoms with Crippen LogP contribution in [-0.2, 0) is 14.8 Å². The molecule has 0 rings (SSSR count). The number of aliphatic hydroxyl groups excluding tert-OH is 1.